The van der Waals surface area contributed by atoms with Crippen molar-refractivity contribution in [2.24, 2.45) is 0 Å². The fourth-order valence-electron chi connectivity index (χ4n) is 1.45. The van der Waals surface area contributed by atoms with E-state index in [0.29, 0.717) is 17.7 Å². The molecule has 5 heteroatoms. The van der Waals surface area contributed by atoms with Gasteiger partial charge >= 0.3 is 0 Å². The number of aromatic nitrogens is 2. The number of rotatable bonds is 5. The third-order valence-corrected chi connectivity index (χ3v) is 2.97. The quantitative estimate of drug-likeness (QED) is 0.903. The summed E-state index contributed by atoms with van der Waals surface area (Å²) in [5, 5.41) is 8.01. The first kappa shape index (κ1) is 12.9. The molecule has 18 heavy (non-hydrogen) atoms. The average Bonchev–Trinajstić information content (AvgIpc) is 2.85. The van der Waals surface area contributed by atoms with Crippen LogP contribution >= 0.6 is 11.6 Å². The topological polar surface area (TPSA) is 39.1 Å². The monoisotopic (exact) mass is 265 g/mol. The normalized spacial score (nSPS) is 12.4. The van der Waals surface area contributed by atoms with Gasteiger partial charge in [0.05, 0.1) is 23.1 Å². The lowest BCUT2D eigenvalue weighted by Crippen LogP contribution is -2.28. The first-order chi connectivity index (χ1) is 8.70. The van der Waals surface area contributed by atoms with Gasteiger partial charge in [-0.05, 0) is 26.1 Å². The summed E-state index contributed by atoms with van der Waals surface area (Å²) in [5.74, 6) is 0.733. The van der Waals surface area contributed by atoms with Crippen LogP contribution in [0.4, 0.5) is 0 Å². The zero-order valence-electron chi connectivity index (χ0n) is 10.4. The maximum Gasteiger partial charge on any atom is 0.157 e. The zero-order chi connectivity index (χ0) is 13.0. The minimum Gasteiger partial charge on any atom is -0.489 e. The predicted molar refractivity (Wildman–Crippen MR) is 72.6 cm³/mol. The van der Waals surface area contributed by atoms with E-state index in [1.807, 2.05) is 37.5 Å². The van der Waals surface area contributed by atoms with E-state index in [9.17, 15) is 0 Å². The van der Waals surface area contributed by atoms with E-state index in [0.717, 1.165) is 11.4 Å². The summed E-state index contributed by atoms with van der Waals surface area (Å²) in [7, 11) is 1.90. The van der Waals surface area contributed by atoms with E-state index in [-0.39, 0.29) is 0 Å². The summed E-state index contributed by atoms with van der Waals surface area (Å²) in [6.07, 6.45) is 3.51. The molecule has 96 valence electrons. The van der Waals surface area contributed by atoms with Crippen molar-refractivity contribution in [1.82, 2.24) is 15.1 Å². The molecule has 0 radical (unpaired) electrons. The molecule has 1 aromatic heterocycles. The molecule has 0 spiro atoms. The van der Waals surface area contributed by atoms with Gasteiger partial charge in [-0.25, -0.2) is 4.68 Å². The molecule has 0 amide bonds. The first-order valence-corrected chi connectivity index (χ1v) is 6.18. The lowest BCUT2D eigenvalue weighted by molar-refractivity contribution is 0.280. The van der Waals surface area contributed by atoms with Crippen LogP contribution in [0, 0.1) is 0 Å². The molecule has 0 aliphatic heterocycles. The van der Waals surface area contributed by atoms with Gasteiger partial charge < -0.3 is 10.1 Å². The second kappa shape index (κ2) is 5.89. The van der Waals surface area contributed by atoms with Crippen LogP contribution in [0.3, 0.4) is 0 Å². The average molecular weight is 266 g/mol. The molecule has 1 N–H and O–H groups in total. The van der Waals surface area contributed by atoms with E-state index < -0.39 is 0 Å². The van der Waals surface area contributed by atoms with Crippen LogP contribution in [0.2, 0.25) is 5.02 Å². The van der Waals surface area contributed by atoms with Crippen molar-refractivity contribution in [2.45, 2.75) is 13.0 Å². The Morgan fingerprint density at radius 2 is 2.22 bits per heavy atom. The summed E-state index contributed by atoms with van der Waals surface area (Å²) < 4.78 is 7.32. The van der Waals surface area contributed by atoms with Crippen molar-refractivity contribution in [1.29, 1.82) is 0 Å². The highest BCUT2D eigenvalue weighted by atomic mass is 35.5. The van der Waals surface area contributed by atoms with Crippen LogP contribution in [-0.2, 0) is 0 Å². The molecule has 0 fully saturated rings. The Kier molecular flexibility index (Phi) is 4.23. The first-order valence-electron chi connectivity index (χ1n) is 5.80. The number of nitrogens with one attached hydrogen (secondary N) is 1. The third kappa shape index (κ3) is 3.03. The summed E-state index contributed by atoms with van der Waals surface area (Å²) >= 11 is 6.11. The molecule has 1 atom stereocenters. The third-order valence-electron chi connectivity index (χ3n) is 2.65. The highest BCUT2D eigenvalue weighted by Gasteiger charge is 2.06. The number of likely N-dealkylation sites (N-methyl/N-ethyl adjacent to an activating group) is 1. The Balaban J connectivity index is 2.09. The lowest BCUT2D eigenvalue weighted by Gasteiger charge is -2.09. The Morgan fingerprint density at radius 1 is 1.44 bits per heavy atom. The van der Waals surface area contributed by atoms with Crippen molar-refractivity contribution in [2.75, 3.05) is 13.7 Å². The predicted octanol–water partition coefficient (Wildman–Crippen LogP) is 2.51. The van der Waals surface area contributed by atoms with Crippen LogP contribution in [-0.4, -0.2) is 29.5 Å². The molecular formula is C13H16ClN3O. The van der Waals surface area contributed by atoms with Crippen molar-refractivity contribution in [3.63, 3.8) is 0 Å². The smallest absolute Gasteiger partial charge is 0.157 e. The largest absolute Gasteiger partial charge is 0.489 e. The van der Waals surface area contributed by atoms with Gasteiger partial charge in [0.2, 0.25) is 0 Å². The molecule has 1 unspecified atom stereocenters. The van der Waals surface area contributed by atoms with Gasteiger partial charge in [0.1, 0.15) is 6.61 Å². The summed E-state index contributed by atoms with van der Waals surface area (Å²) in [4.78, 5) is 0. The van der Waals surface area contributed by atoms with Crippen LogP contribution in [0.5, 0.6) is 5.75 Å². The van der Waals surface area contributed by atoms with Gasteiger partial charge in [-0.15, -0.1) is 0 Å². The standard InChI is InChI=1S/C13H16ClN3O/c1-10(15-2)9-18-11-7-16-17(8-11)13-6-4-3-5-12(13)14/h3-8,10,15H,9H2,1-2H3. The SMILES string of the molecule is CNC(C)COc1cnn(-c2ccccc2Cl)c1. The fourth-order valence-corrected chi connectivity index (χ4v) is 1.68. The second-order valence-corrected chi connectivity index (χ2v) is 4.48. The Bertz CT molecular complexity index is 512. The van der Waals surface area contributed by atoms with Gasteiger partial charge in [-0.1, -0.05) is 23.7 Å². The molecule has 2 rings (SSSR count). The van der Waals surface area contributed by atoms with Gasteiger partial charge in [0.15, 0.2) is 5.75 Å². The molecule has 1 aromatic carbocycles. The zero-order valence-corrected chi connectivity index (χ0v) is 11.2. The van der Waals surface area contributed by atoms with Crippen molar-refractivity contribution in [3.8, 4) is 11.4 Å². The maximum absolute atomic E-state index is 6.11. The minimum absolute atomic E-state index is 0.300. The molecule has 1 heterocycles. The van der Waals surface area contributed by atoms with E-state index in [1.165, 1.54) is 0 Å². The van der Waals surface area contributed by atoms with Gasteiger partial charge in [-0.3, -0.25) is 0 Å². The lowest BCUT2D eigenvalue weighted by atomic mass is 10.3. The van der Waals surface area contributed by atoms with E-state index in [1.54, 1.807) is 10.9 Å². The van der Waals surface area contributed by atoms with Crippen molar-refractivity contribution < 1.29 is 4.74 Å². The van der Waals surface area contributed by atoms with Gasteiger partial charge in [0, 0.05) is 6.04 Å². The van der Waals surface area contributed by atoms with E-state index in [2.05, 4.69) is 17.3 Å². The van der Waals surface area contributed by atoms with Crippen molar-refractivity contribution in [3.05, 3.63) is 41.7 Å². The Morgan fingerprint density at radius 3 is 2.94 bits per heavy atom. The van der Waals surface area contributed by atoms with Crippen molar-refractivity contribution >= 4 is 11.6 Å². The number of nitrogens with zero attached hydrogens (tertiary/aromatic N) is 2. The molecule has 4 nitrogen and oxygen atoms in total. The molecule has 2 aromatic rings. The van der Waals surface area contributed by atoms with E-state index >= 15 is 0 Å². The molecule has 0 bridgehead atoms. The van der Waals surface area contributed by atoms with Crippen LogP contribution in [0.15, 0.2) is 36.7 Å². The highest BCUT2D eigenvalue weighted by molar-refractivity contribution is 6.32. The minimum atomic E-state index is 0.300. The van der Waals surface area contributed by atoms with Crippen LogP contribution in [0.25, 0.3) is 5.69 Å². The summed E-state index contributed by atoms with van der Waals surface area (Å²) in [5.41, 5.74) is 0.843. The fraction of sp³-hybridized carbons (Fsp3) is 0.308. The second-order valence-electron chi connectivity index (χ2n) is 4.07. The summed E-state index contributed by atoms with van der Waals surface area (Å²) in [6, 6.07) is 7.86. The number of hydrogen-bond acceptors (Lipinski definition) is 3. The van der Waals surface area contributed by atoms with Gasteiger partial charge in [-0.2, -0.15) is 5.10 Å². The molecule has 0 saturated heterocycles. The highest BCUT2D eigenvalue weighted by Crippen LogP contribution is 2.21. The number of ether oxygens (including phenoxy) is 1. The Labute approximate surface area is 112 Å². The molecular weight excluding hydrogens is 250 g/mol. The molecule has 0 aliphatic carbocycles. The molecule has 0 aliphatic rings. The van der Waals surface area contributed by atoms with Crippen LogP contribution < -0.4 is 10.1 Å². The molecule has 0 saturated carbocycles. The van der Waals surface area contributed by atoms with Crippen LogP contribution in [0.1, 0.15) is 6.92 Å². The summed E-state index contributed by atoms with van der Waals surface area (Å²) in [6.45, 7) is 2.66. The Hall–Kier alpha value is -1.52. The number of benzene rings is 1. The van der Waals surface area contributed by atoms with Gasteiger partial charge in [0.25, 0.3) is 0 Å². The number of halogens is 1. The van der Waals surface area contributed by atoms with E-state index in [4.69, 9.17) is 16.3 Å². The maximum atomic E-state index is 6.11. The number of hydrogen-bond donors (Lipinski definition) is 1. The number of para-hydroxylation sites is 1.